The zero-order valence-electron chi connectivity index (χ0n) is 10.8. The number of urea groups is 1. The van der Waals surface area contributed by atoms with Crippen LogP contribution in [0.15, 0.2) is 46.9 Å². The molecule has 2 aromatic rings. The summed E-state index contributed by atoms with van der Waals surface area (Å²) in [5, 5.41) is 5.40. The zero-order valence-corrected chi connectivity index (χ0v) is 12.4. The van der Waals surface area contributed by atoms with Gasteiger partial charge in [-0.05, 0) is 30.3 Å². The maximum Gasteiger partial charge on any atom is 0.323 e. The molecule has 0 radical (unpaired) electrons. The molecule has 0 aliphatic rings. The van der Waals surface area contributed by atoms with E-state index in [1.807, 2.05) is 12.1 Å². The molecule has 0 aliphatic heterocycles. The van der Waals surface area contributed by atoms with Crippen LogP contribution in [0.1, 0.15) is 0 Å². The normalized spacial score (nSPS) is 9.90. The molecule has 0 heterocycles. The van der Waals surface area contributed by atoms with Crippen LogP contribution >= 0.6 is 15.9 Å². The zero-order chi connectivity index (χ0) is 14.5. The SMILES string of the molecule is COc1ccccc1NC(=O)Nc1ccc(Br)cc1N. The molecule has 0 fully saturated rings. The van der Waals surface area contributed by atoms with Crippen LogP contribution in [-0.2, 0) is 0 Å². The minimum absolute atomic E-state index is 0.386. The van der Waals surface area contributed by atoms with E-state index in [4.69, 9.17) is 10.5 Å². The Hall–Kier alpha value is -2.21. The Morgan fingerprint density at radius 1 is 1.15 bits per heavy atom. The van der Waals surface area contributed by atoms with Gasteiger partial charge < -0.3 is 21.1 Å². The fourth-order valence-corrected chi connectivity index (χ4v) is 2.05. The molecule has 4 N–H and O–H groups in total. The van der Waals surface area contributed by atoms with Gasteiger partial charge in [0.2, 0.25) is 0 Å². The lowest BCUT2D eigenvalue weighted by Crippen LogP contribution is -2.20. The van der Waals surface area contributed by atoms with Crippen molar-refractivity contribution >= 4 is 39.0 Å². The molecule has 0 unspecified atom stereocenters. The van der Waals surface area contributed by atoms with Crippen LogP contribution in [0.25, 0.3) is 0 Å². The van der Waals surface area contributed by atoms with E-state index in [2.05, 4.69) is 26.6 Å². The van der Waals surface area contributed by atoms with Gasteiger partial charge in [-0.1, -0.05) is 28.1 Å². The van der Waals surface area contributed by atoms with Crippen molar-refractivity contribution in [2.45, 2.75) is 0 Å². The fraction of sp³-hybridized carbons (Fsp3) is 0.0714. The van der Waals surface area contributed by atoms with Gasteiger partial charge in [-0.2, -0.15) is 0 Å². The minimum atomic E-state index is -0.386. The van der Waals surface area contributed by atoms with E-state index < -0.39 is 0 Å². The lowest BCUT2D eigenvalue weighted by atomic mass is 10.2. The Labute approximate surface area is 125 Å². The van der Waals surface area contributed by atoms with E-state index in [1.54, 1.807) is 37.4 Å². The van der Waals surface area contributed by atoms with Gasteiger partial charge in [0.05, 0.1) is 24.2 Å². The first-order valence-electron chi connectivity index (χ1n) is 5.86. The molecule has 2 amide bonds. The predicted molar refractivity (Wildman–Crippen MR) is 84.2 cm³/mol. The molecule has 0 aromatic heterocycles. The highest BCUT2D eigenvalue weighted by Crippen LogP contribution is 2.25. The van der Waals surface area contributed by atoms with Crippen molar-refractivity contribution in [2.75, 3.05) is 23.5 Å². The van der Waals surface area contributed by atoms with E-state index in [0.717, 1.165) is 4.47 Å². The molecular weight excluding hydrogens is 322 g/mol. The number of para-hydroxylation sites is 2. The number of nitrogen functional groups attached to an aromatic ring is 1. The Balaban J connectivity index is 2.09. The van der Waals surface area contributed by atoms with E-state index in [9.17, 15) is 4.79 Å². The monoisotopic (exact) mass is 335 g/mol. The van der Waals surface area contributed by atoms with E-state index in [-0.39, 0.29) is 6.03 Å². The molecule has 2 rings (SSSR count). The summed E-state index contributed by atoms with van der Waals surface area (Å²) < 4.78 is 6.01. The fourth-order valence-electron chi connectivity index (χ4n) is 1.67. The van der Waals surface area contributed by atoms with E-state index in [1.165, 1.54) is 0 Å². The third-order valence-electron chi connectivity index (χ3n) is 2.62. The third-order valence-corrected chi connectivity index (χ3v) is 3.11. The second-order valence-electron chi connectivity index (χ2n) is 4.01. The number of anilines is 3. The summed E-state index contributed by atoms with van der Waals surface area (Å²) in [5.74, 6) is 0.589. The Morgan fingerprint density at radius 2 is 1.85 bits per heavy atom. The van der Waals surface area contributed by atoms with Crippen LogP contribution in [0.5, 0.6) is 5.75 Å². The maximum absolute atomic E-state index is 11.9. The first-order chi connectivity index (χ1) is 9.60. The van der Waals surface area contributed by atoms with Gasteiger partial charge in [0.25, 0.3) is 0 Å². The number of nitrogens with two attached hydrogens (primary N) is 1. The molecule has 0 atom stereocenters. The van der Waals surface area contributed by atoms with E-state index in [0.29, 0.717) is 22.8 Å². The first kappa shape index (κ1) is 14.2. The highest BCUT2D eigenvalue weighted by Gasteiger charge is 2.08. The van der Waals surface area contributed by atoms with Crippen molar-refractivity contribution in [3.05, 3.63) is 46.9 Å². The van der Waals surface area contributed by atoms with Crippen molar-refractivity contribution in [3.63, 3.8) is 0 Å². The molecule has 0 saturated heterocycles. The number of methoxy groups -OCH3 is 1. The standard InChI is InChI=1S/C14H14BrN3O2/c1-20-13-5-3-2-4-12(13)18-14(19)17-11-7-6-9(15)8-10(11)16/h2-8H,16H2,1H3,(H2,17,18,19). The van der Waals surface area contributed by atoms with Gasteiger partial charge in [0.15, 0.2) is 0 Å². The molecule has 0 spiro atoms. The number of halogens is 1. The molecule has 5 nitrogen and oxygen atoms in total. The molecular formula is C14H14BrN3O2. The molecule has 20 heavy (non-hydrogen) atoms. The van der Waals surface area contributed by atoms with Crippen LogP contribution in [0, 0.1) is 0 Å². The molecule has 6 heteroatoms. The number of hydrogen-bond acceptors (Lipinski definition) is 3. The van der Waals surface area contributed by atoms with Crippen LogP contribution in [0.4, 0.5) is 21.9 Å². The van der Waals surface area contributed by atoms with Gasteiger partial charge in [-0.15, -0.1) is 0 Å². The summed E-state index contributed by atoms with van der Waals surface area (Å²) in [6.45, 7) is 0. The largest absolute Gasteiger partial charge is 0.495 e. The van der Waals surface area contributed by atoms with Gasteiger partial charge in [0, 0.05) is 4.47 Å². The summed E-state index contributed by atoms with van der Waals surface area (Å²) in [6, 6.07) is 12.0. The highest BCUT2D eigenvalue weighted by atomic mass is 79.9. The number of nitrogens with one attached hydrogen (secondary N) is 2. The topological polar surface area (TPSA) is 76.4 Å². The Bertz CT molecular complexity index is 632. The number of hydrogen-bond donors (Lipinski definition) is 3. The van der Waals surface area contributed by atoms with Gasteiger partial charge in [-0.25, -0.2) is 4.79 Å². The molecule has 2 aromatic carbocycles. The minimum Gasteiger partial charge on any atom is -0.495 e. The molecule has 0 aliphatic carbocycles. The van der Waals surface area contributed by atoms with Crippen LogP contribution in [0.3, 0.4) is 0 Å². The van der Waals surface area contributed by atoms with Gasteiger partial charge in [0.1, 0.15) is 5.75 Å². The van der Waals surface area contributed by atoms with Crippen molar-refractivity contribution in [2.24, 2.45) is 0 Å². The number of rotatable bonds is 3. The Kier molecular flexibility index (Phi) is 4.47. The number of carbonyl (C=O) groups excluding carboxylic acids is 1. The summed E-state index contributed by atoms with van der Waals surface area (Å²) in [4.78, 5) is 11.9. The summed E-state index contributed by atoms with van der Waals surface area (Å²) >= 11 is 3.31. The highest BCUT2D eigenvalue weighted by molar-refractivity contribution is 9.10. The van der Waals surface area contributed by atoms with Crippen LogP contribution in [-0.4, -0.2) is 13.1 Å². The second-order valence-corrected chi connectivity index (χ2v) is 4.93. The molecule has 0 bridgehead atoms. The summed E-state index contributed by atoms with van der Waals surface area (Å²) in [5.41, 5.74) is 7.43. The number of benzene rings is 2. The number of carbonyl (C=O) groups is 1. The average Bonchev–Trinajstić information content (AvgIpc) is 2.42. The lowest BCUT2D eigenvalue weighted by molar-refractivity contribution is 0.262. The number of amides is 2. The molecule has 0 saturated carbocycles. The quantitative estimate of drug-likeness (QED) is 0.748. The number of ether oxygens (including phenoxy) is 1. The van der Waals surface area contributed by atoms with Crippen LogP contribution in [0.2, 0.25) is 0 Å². The maximum atomic E-state index is 11.9. The van der Waals surface area contributed by atoms with Crippen molar-refractivity contribution in [3.8, 4) is 5.75 Å². The second kappa shape index (κ2) is 6.29. The van der Waals surface area contributed by atoms with Gasteiger partial charge >= 0.3 is 6.03 Å². The summed E-state index contributed by atoms with van der Waals surface area (Å²) in [7, 11) is 1.55. The summed E-state index contributed by atoms with van der Waals surface area (Å²) in [6.07, 6.45) is 0. The van der Waals surface area contributed by atoms with Crippen LogP contribution < -0.4 is 21.1 Å². The third kappa shape index (κ3) is 3.42. The smallest absolute Gasteiger partial charge is 0.323 e. The van der Waals surface area contributed by atoms with E-state index >= 15 is 0 Å². The first-order valence-corrected chi connectivity index (χ1v) is 6.65. The molecule has 104 valence electrons. The Morgan fingerprint density at radius 3 is 2.55 bits per heavy atom. The van der Waals surface area contributed by atoms with Gasteiger partial charge in [-0.3, -0.25) is 0 Å². The lowest BCUT2D eigenvalue weighted by Gasteiger charge is -2.12. The van der Waals surface area contributed by atoms with Crippen molar-refractivity contribution in [1.82, 2.24) is 0 Å². The predicted octanol–water partition coefficient (Wildman–Crippen LogP) is 3.68. The average molecular weight is 336 g/mol. The van der Waals surface area contributed by atoms with Crippen molar-refractivity contribution in [1.29, 1.82) is 0 Å². The van der Waals surface area contributed by atoms with Crippen molar-refractivity contribution < 1.29 is 9.53 Å².